The molecular formula is C16H13NO4. The number of pyridine rings is 1. The quantitative estimate of drug-likeness (QED) is 0.712. The lowest BCUT2D eigenvalue weighted by atomic mass is 10.1. The first kappa shape index (κ1) is 14.3. The fourth-order valence-corrected chi connectivity index (χ4v) is 1.77. The molecule has 0 radical (unpaired) electrons. The standard InChI is InChI=1S/C11H8O3.C5H5NO/c12-10-6-8-4-2-1-3-7(8)5-9(10)11(13)14;7-5-2-1-3-6-4-5/h1-6,12H,(H,13,14);1-4,7H. The summed E-state index contributed by atoms with van der Waals surface area (Å²) in [6, 6.07) is 13.3. The van der Waals surface area contributed by atoms with Crippen molar-refractivity contribution in [3.8, 4) is 11.5 Å². The van der Waals surface area contributed by atoms with E-state index < -0.39 is 11.7 Å². The molecule has 0 unspecified atom stereocenters. The topological polar surface area (TPSA) is 94.7 Å². The normalized spacial score (nSPS) is 9.71. The third-order valence-corrected chi connectivity index (χ3v) is 2.77. The fourth-order valence-electron chi connectivity index (χ4n) is 1.77. The monoisotopic (exact) mass is 283 g/mol. The minimum absolute atomic E-state index is 0.177. The number of hydrogen-bond donors (Lipinski definition) is 2. The number of carbonyl (C=O) groups is 1. The molecule has 0 aliphatic carbocycles. The van der Waals surface area contributed by atoms with E-state index in [0.717, 1.165) is 10.8 Å². The van der Waals surface area contributed by atoms with Gasteiger partial charge in [0.05, 0.1) is 5.56 Å². The van der Waals surface area contributed by atoms with Crippen molar-refractivity contribution in [3.63, 3.8) is 0 Å². The van der Waals surface area contributed by atoms with Crippen LogP contribution >= 0.6 is 0 Å². The molecular weight excluding hydrogens is 270 g/mol. The maximum Gasteiger partial charge on any atom is 0.335 e. The summed E-state index contributed by atoms with van der Waals surface area (Å²) in [6.07, 6.45) is 3.25. The molecule has 5 nitrogen and oxygen atoms in total. The van der Waals surface area contributed by atoms with Crippen LogP contribution in [-0.2, 0) is 0 Å². The van der Waals surface area contributed by atoms with Crippen LogP contribution in [0.5, 0.6) is 11.5 Å². The first-order valence-electron chi connectivity index (χ1n) is 6.16. The second-order valence-corrected chi connectivity index (χ2v) is 4.26. The van der Waals surface area contributed by atoms with Gasteiger partial charge in [-0.15, -0.1) is 0 Å². The van der Waals surface area contributed by atoms with Gasteiger partial charge < -0.3 is 15.3 Å². The molecule has 0 fully saturated rings. The molecule has 0 saturated carbocycles. The number of fused-ring (bicyclic) bond motifs is 1. The molecule has 106 valence electrons. The first-order chi connectivity index (χ1) is 10.1. The summed E-state index contributed by atoms with van der Waals surface area (Å²) in [5.41, 5.74) is -0.177. The first-order valence-corrected chi connectivity index (χ1v) is 6.16. The summed E-state index contributed by atoms with van der Waals surface area (Å²) >= 11 is 0. The maximum absolute atomic E-state index is 11.3. The highest BCUT2D eigenvalue weighted by molar-refractivity contribution is 5.97. The van der Waals surface area contributed by atoms with E-state index >= 15 is 0 Å². The lowest BCUT2D eigenvalue weighted by molar-refractivity contribution is -0.379. The summed E-state index contributed by atoms with van der Waals surface area (Å²) in [5, 5.41) is 30.2. The Morgan fingerprint density at radius 3 is 2.19 bits per heavy atom. The minimum atomic E-state index is -1.18. The zero-order valence-corrected chi connectivity index (χ0v) is 11.0. The molecule has 0 atom stereocenters. The van der Waals surface area contributed by atoms with Crippen molar-refractivity contribution >= 4 is 16.7 Å². The number of carboxylic acids is 1. The molecule has 5 heteroatoms. The minimum Gasteiger partial charge on any atom is -0.872 e. The van der Waals surface area contributed by atoms with E-state index in [1.165, 1.54) is 18.3 Å². The van der Waals surface area contributed by atoms with Crippen molar-refractivity contribution in [2.24, 2.45) is 0 Å². The van der Waals surface area contributed by atoms with E-state index in [1.54, 1.807) is 36.5 Å². The Kier molecular flexibility index (Phi) is 4.36. The van der Waals surface area contributed by atoms with Gasteiger partial charge >= 0.3 is 5.97 Å². The van der Waals surface area contributed by atoms with E-state index in [1.807, 2.05) is 6.07 Å². The average molecular weight is 283 g/mol. The molecule has 0 bridgehead atoms. The van der Waals surface area contributed by atoms with E-state index in [4.69, 9.17) is 10.2 Å². The molecule has 0 aliphatic rings. The van der Waals surface area contributed by atoms with Crippen LogP contribution in [0.25, 0.3) is 10.8 Å². The van der Waals surface area contributed by atoms with Crippen LogP contribution in [0.4, 0.5) is 0 Å². The Bertz CT molecular complexity index is 757. The number of aromatic carboxylic acids is 1. The molecule has 2 aromatic carbocycles. The maximum atomic E-state index is 11.3. The highest BCUT2D eigenvalue weighted by Crippen LogP contribution is 2.22. The number of aromatic hydroxyl groups is 1. The summed E-state index contributed by atoms with van der Waals surface area (Å²) in [7, 11) is 0. The Hall–Kier alpha value is -3.08. The number of H-pyrrole nitrogens is 1. The molecule has 1 aromatic heterocycles. The van der Waals surface area contributed by atoms with Crippen LogP contribution in [-0.4, -0.2) is 16.2 Å². The molecule has 1 heterocycles. The second kappa shape index (κ2) is 6.38. The van der Waals surface area contributed by atoms with Gasteiger partial charge in [-0.3, -0.25) is 0 Å². The number of benzene rings is 2. The van der Waals surface area contributed by atoms with Crippen molar-refractivity contribution in [2.75, 3.05) is 0 Å². The molecule has 0 amide bonds. The largest absolute Gasteiger partial charge is 0.872 e. The Morgan fingerprint density at radius 1 is 1.05 bits per heavy atom. The van der Waals surface area contributed by atoms with Crippen LogP contribution in [0.15, 0.2) is 60.9 Å². The fraction of sp³-hybridized carbons (Fsp3) is 0. The van der Waals surface area contributed by atoms with E-state index in [-0.39, 0.29) is 11.3 Å². The molecule has 0 spiro atoms. The van der Waals surface area contributed by atoms with E-state index in [9.17, 15) is 9.90 Å². The smallest absolute Gasteiger partial charge is 0.335 e. The van der Waals surface area contributed by atoms with Crippen molar-refractivity contribution < 1.29 is 25.1 Å². The van der Waals surface area contributed by atoms with Crippen LogP contribution in [0.1, 0.15) is 10.4 Å². The van der Waals surface area contributed by atoms with E-state index in [2.05, 4.69) is 4.98 Å². The number of rotatable bonds is 1. The third kappa shape index (κ3) is 3.70. The number of carboxylic acid groups (broad SMARTS) is 1. The lowest BCUT2D eigenvalue weighted by Crippen LogP contribution is -2.03. The van der Waals surface area contributed by atoms with Gasteiger partial charge in [-0.1, -0.05) is 36.1 Å². The van der Waals surface area contributed by atoms with Crippen LogP contribution in [0.2, 0.25) is 0 Å². The zero-order valence-electron chi connectivity index (χ0n) is 11.0. The van der Waals surface area contributed by atoms with Gasteiger partial charge in [0.2, 0.25) is 6.20 Å². The lowest BCUT2D eigenvalue weighted by Gasteiger charge is -2.11. The average Bonchev–Trinajstić information content (AvgIpc) is 2.47. The molecule has 3 rings (SSSR count). The predicted molar refractivity (Wildman–Crippen MR) is 75.0 cm³/mol. The summed E-state index contributed by atoms with van der Waals surface area (Å²) < 4.78 is 0. The molecule has 21 heavy (non-hydrogen) atoms. The van der Waals surface area contributed by atoms with Crippen molar-refractivity contribution in [1.29, 1.82) is 0 Å². The predicted octanol–water partition coefficient (Wildman–Crippen LogP) is 1.82. The van der Waals surface area contributed by atoms with E-state index in [0.29, 0.717) is 0 Å². The van der Waals surface area contributed by atoms with Gasteiger partial charge in [-0.05, 0) is 22.9 Å². The van der Waals surface area contributed by atoms with Crippen molar-refractivity contribution in [1.82, 2.24) is 0 Å². The van der Waals surface area contributed by atoms with Crippen molar-refractivity contribution in [2.45, 2.75) is 0 Å². The summed E-state index contributed by atoms with van der Waals surface area (Å²) in [5.74, 6) is -1.36. The Morgan fingerprint density at radius 2 is 1.71 bits per heavy atom. The van der Waals surface area contributed by atoms with Gasteiger partial charge in [0.1, 0.15) is 0 Å². The molecule has 0 saturated heterocycles. The second-order valence-electron chi connectivity index (χ2n) is 4.26. The number of nitrogens with one attached hydrogen (secondary N) is 1. The number of aromatic nitrogens is 1. The number of aromatic amines is 1. The molecule has 3 aromatic rings. The van der Waals surface area contributed by atoms with Gasteiger partial charge in [0.15, 0.2) is 11.9 Å². The highest BCUT2D eigenvalue weighted by atomic mass is 16.4. The van der Waals surface area contributed by atoms with Gasteiger partial charge in [0.25, 0.3) is 0 Å². The van der Waals surface area contributed by atoms with Crippen LogP contribution in [0.3, 0.4) is 0 Å². The highest BCUT2D eigenvalue weighted by Gasteiger charge is 2.04. The third-order valence-electron chi connectivity index (χ3n) is 2.77. The van der Waals surface area contributed by atoms with Gasteiger partial charge in [-0.2, -0.15) is 0 Å². The summed E-state index contributed by atoms with van der Waals surface area (Å²) in [6.45, 7) is 0. The van der Waals surface area contributed by atoms with Gasteiger partial charge in [-0.25, -0.2) is 9.78 Å². The molecule has 0 aliphatic heterocycles. The van der Waals surface area contributed by atoms with Gasteiger partial charge in [0, 0.05) is 6.07 Å². The Balaban J connectivity index is 0.000000194. The summed E-state index contributed by atoms with van der Waals surface area (Å²) in [4.78, 5) is 13.4. The SMILES string of the molecule is O=C(O)c1cc2ccccc2cc1[O-].Oc1ccc[nH+]c1. The Labute approximate surface area is 120 Å². The zero-order chi connectivity index (χ0) is 15.2. The van der Waals surface area contributed by atoms with Crippen molar-refractivity contribution in [3.05, 3.63) is 66.5 Å². The van der Waals surface area contributed by atoms with Crippen LogP contribution < -0.4 is 10.1 Å². The number of hydrogen-bond acceptors (Lipinski definition) is 3. The van der Waals surface area contributed by atoms with Crippen LogP contribution in [0, 0.1) is 0 Å². The molecule has 3 N–H and O–H groups in total.